The van der Waals surface area contributed by atoms with Crippen LogP contribution in [0.3, 0.4) is 0 Å². The van der Waals surface area contributed by atoms with Crippen LogP contribution in [0.5, 0.6) is 0 Å². The van der Waals surface area contributed by atoms with Gasteiger partial charge in [0.2, 0.25) is 5.91 Å². The maximum Gasteiger partial charge on any atom is 0.234 e. The maximum atomic E-state index is 13.0. The van der Waals surface area contributed by atoms with E-state index in [1.807, 2.05) is 6.92 Å². The van der Waals surface area contributed by atoms with Crippen molar-refractivity contribution < 1.29 is 9.18 Å². The number of carbonyl (C=O) groups excluding carboxylic acids is 1. The van der Waals surface area contributed by atoms with Crippen LogP contribution >= 0.6 is 12.4 Å². The van der Waals surface area contributed by atoms with E-state index in [0.29, 0.717) is 5.56 Å². The number of hydrogen-bond donors (Lipinski definition) is 2. The Hall–Kier alpha value is -1.13. The van der Waals surface area contributed by atoms with E-state index in [2.05, 4.69) is 5.32 Å². The van der Waals surface area contributed by atoms with Gasteiger partial charge in [-0.05, 0) is 31.0 Å². The first-order valence-electron chi connectivity index (χ1n) is 4.80. The molecule has 1 atom stereocenters. The molecule has 3 nitrogen and oxygen atoms in total. The van der Waals surface area contributed by atoms with Crippen molar-refractivity contribution in [1.29, 1.82) is 0 Å². The maximum absolute atomic E-state index is 13.0. The highest BCUT2D eigenvalue weighted by atomic mass is 35.5. The van der Waals surface area contributed by atoms with E-state index in [0.717, 1.165) is 5.56 Å². The molecule has 0 radical (unpaired) electrons. The van der Waals surface area contributed by atoms with Crippen LogP contribution in [0.15, 0.2) is 18.2 Å². The van der Waals surface area contributed by atoms with Gasteiger partial charge in [0.25, 0.3) is 0 Å². The number of nitrogens with two attached hydrogens (primary N) is 1. The first-order valence-corrected chi connectivity index (χ1v) is 4.80. The van der Waals surface area contributed by atoms with Crippen LogP contribution in [-0.4, -0.2) is 12.5 Å². The van der Waals surface area contributed by atoms with Gasteiger partial charge >= 0.3 is 0 Å². The summed E-state index contributed by atoms with van der Waals surface area (Å²) in [5.74, 6) is -0.458. The van der Waals surface area contributed by atoms with E-state index in [4.69, 9.17) is 5.73 Å². The third-order valence-electron chi connectivity index (χ3n) is 2.24. The SMILES string of the molecule is Cc1cc(C(C)NC(=O)CN)ccc1F.Cl. The Morgan fingerprint density at radius 1 is 1.56 bits per heavy atom. The molecular weight excluding hydrogens is 231 g/mol. The summed E-state index contributed by atoms with van der Waals surface area (Å²) < 4.78 is 13.0. The van der Waals surface area contributed by atoms with Gasteiger partial charge in [-0.3, -0.25) is 4.79 Å². The van der Waals surface area contributed by atoms with Gasteiger partial charge in [-0.1, -0.05) is 12.1 Å². The Morgan fingerprint density at radius 3 is 2.69 bits per heavy atom. The van der Waals surface area contributed by atoms with Gasteiger partial charge in [0, 0.05) is 0 Å². The zero-order chi connectivity index (χ0) is 11.4. The molecule has 5 heteroatoms. The van der Waals surface area contributed by atoms with Crippen molar-refractivity contribution in [3.8, 4) is 0 Å². The standard InChI is InChI=1S/C11H15FN2O.ClH/c1-7-5-9(3-4-10(7)12)8(2)14-11(15)6-13;/h3-5,8H,6,13H2,1-2H3,(H,14,15);1H. The Morgan fingerprint density at radius 2 is 2.19 bits per heavy atom. The second-order valence-electron chi connectivity index (χ2n) is 3.50. The van der Waals surface area contributed by atoms with Crippen molar-refractivity contribution >= 4 is 18.3 Å². The molecule has 16 heavy (non-hydrogen) atoms. The summed E-state index contributed by atoms with van der Waals surface area (Å²) in [6.45, 7) is 3.49. The number of halogens is 2. The molecule has 1 amide bonds. The Bertz CT molecular complexity index is 371. The summed E-state index contributed by atoms with van der Waals surface area (Å²) in [5, 5.41) is 2.71. The van der Waals surface area contributed by atoms with Gasteiger partial charge in [-0.2, -0.15) is 0 Å². The van der Waals surface area contributed by atoms with Gasteiger partial charge in [-0.15, -0.1) is 12.4 Å². The number of nitrogens with one attached hydrogen (secondary N) is 1. The lowest BCUT2D eigenvalue weighted by atomic mass is 10.1. The summed E-state index contributed by atoms with van der Waals surface area (Å²) in [5.41, 5.74) is 6.62. The fourth-order valence-corrected chi connectivity index (χ4v) is 1.32. The first-order chi connectivity index (χ1) is 7.04. The molecule has 0 bridgehead atoms. The third-order valence-corrected chi connectivity index (χ3v) is 2.24. The minimum absolute atomic E-state index is 0. The van der Waals surface area contributed by atoms with Gasteiger partial charge in [-0.25, -0.2) is 4.39 Å². The van der Waals surface area contributed by atoms with E-state index < -0.39 is 0 Å². The lowest BCUT2D eigenvalue weighted by Gasteiger charge is -2.14. The Labute approximate surface area is 101 Å². The number of benzene rings is 1. The molecular formula is C11H16ClFN2O. The van der Waals surface area contributed by atoms with E-state index >= 15 is 0 Å². The second kappa shape index (κ2) is 6.45. The molecule has 3 N–H and O–H groups in total. The van der Waals surface area contributed by atoms with Crippen LogP contribution in [0.25, 0.3) is 0 Å². The zero-order valence-electron chi connectivity index (χ0n) is 9.29. The normalized spacial score (nSPS) is 11.5. The summed E-state index contributed by atoms with van der Waals surface area (Å²) in [7, 11) is 0. The predicted octanol–water partition coefficient (Wildman–Crippen LogP) is 1.69. The fraction of sp³-hybridized carbons (Fsp3) is 0.364. The molecule has 0 aliphatic heterocycles. The van der Waals surface area contributed by atoms with Crippen molar-refractivity contribution in [2.24, 2.45) is 5.73 Å². The topological polar surface area (TPSA) is 55.1 Å². The molecule has 1 aromatic carbocycles. The van der Waals surface area contributed by atoms with Crippen LogP contribution in [0, 0.1) is 12.7 Å². The number of amides is 1. The lowest BCUT2D eigenvalue weighted by molar-refractivity contribution is -0.120. The molecule has 1 rings (SSSR count). The van der Waals surface area contributed by atoms with Crippen LogP contribution < -0.4 is 11.1 Å². The molecule has 1 aromatic rings. The molecule has 0 aromatic heterocycles. The van der Waals surface area contributed by atoms with Gasteiger partial charge < -0.3 is 11.1 Å². The van der Waals surface area contributed by atoms with Gasteiger partial charge in [0.05, 0.1) is 12.6 Å². The molecule has 0 saturated heterocycles. The summed E-state index contributed by atoms with van der Waals surface area (Å²) in [4.78, 5) is 11.0. The molecule has 0 aliphatic rings. The third kappa shape index (κ3) is 3.79. The number of aryl methyl sites for hydroxylation is 1. The van der Waals surface area contributed by atoms with E-state index in [1.165, 1.54) is 6.07 Å². The zero-order valence-corrected chi connectivity index (χ0v) is 10.1. The highest BCUT2D eigenvalue weighted by molar-refractivity contribution is 5.85. The number of hydrogen-bond acceptors (Lipinski definition) is 2. The van der Waals surface area contributed by atoms with Crippen LogP contribution in [0.4, 0.5) is 4.39 Å². The lowest BCUT2D eigenvalue weighted by Crippen LogP contribution is -2.32. The molecule has 1 unspecified atom stereocenters. The summed E-state index contributed by atoms with van der Waals surface area (Å²) >= 11 is 0. The highest BCUT2D eigenvalue weighted by Gasteiger charge is 2.09. The monoisotopic (exact) mass is 246 g/mol. The molecule has 0 heterocycles. The molecule has 0 spiro atoms. The van der Waals surface area contributed by atoms with Crippen molar-refractivity contribution in [3.05, 3.63) is 35.1 Å². The summed E-state index contributed by atoms with van der Waals surface area (Å²) in [6.07, 6.45) is 0. The minimum atomic E-state index is -0.240. The van der Waals surface area contributed by atoms with Crippen molar-refractivity contribution in [2.75, 3.05) is 6.54 Å². The highest BCUT2D eigenvalue weighted by Crippen LogP contribution is 2.15. The number of rotatable bonds is 3. The average molecular weight is 247 g/mol. The van der Waals surface area contributed by atoms with Gasteiger partial charge in [0.15, 0.2) is 0 Å². The number of carbonyl (C=O) groups is 1. The van der Waals surface area contributed by atoms with Crippen molar-refractivity contribution in [1.82, 2.24) is 5.32 Å². The Kier molecular flexibility index (Phi) is 6.00. The van der Waals surface area contributed by atoms with E-state index in [9.17, 15) is 9.18 Å². The first kappa shape index (κ1) is 14.9. The van der Waals surface area contributed by atoms with Crippen LogP contribution in [0.1, 0.15) is 24.1 Å². The van der Waals surface area contributed by atoms with Gasteiger partial charge in [0.1, 0.15) is 5.82 Å². The molecule has 90 valence electrons. The average Bonchev–Trinajstić information content (AvgIpc) is 2.21. The minimum Gasteiger partial charge on any atom is -0.348 e. The van der Waals surface area contributed by atoms with Crippen LogP contribution in [-0.2, 0) is 4.79 Å². The molecule has 0 saturated carbocycles. The second-order valence-corrected chi connectivity index (χ2v) is 3.50. The van der Waals surface area contributed by atoms with Crippen molar-refractivity contribution in [2.45, 2.75) is 19.9 Å². The summed E-state index contributed by atoms with van der Waals surface area (Å²) in [6, 6.07) is 4.62. The van der Waals surface area contributed by atoms with E-state index in [-0.39, 0.29) is 36.7 Å². The largest absolute Gasteiger partial charge is 0.348 e. The molecule has 0 fully saturated rings. The van der Waals surface area contributed by atoms with E-state index in [1.54, 1.807) is 19.1 Å². The van der Waals surface area contributed by atoms with Crippen LogP contribution in [0.2, 0.25) is 0 Å². The smallest absolute Gasteiger partial charge is 0.234 e. The molecule has 0 aliphatic carbocycles. The fourth-order valence-electron chi connectivity index (χ4n) is 1.32. The predicted molar refractivity (Wildman–Crippen MR) is 64.0 cm³/mol. The Balaban J connectivity index is 0.00000225. The van der Waals surface area contributed by atoms with Crippen molar-refractivity contribution in [3.63, 3.8) is 0 Å². The quantitative estimate of drug-likeness (QED) is 0.853.